The minimum Gasteiger partial charge on any atom is -0.444 e. The van der Waals surface area contributed by atoms with E-state index in [1.54, 1.807) is 56.5 Å². The number of carbonyl (C=O) groups excluding carboxylic acids is 3. The highest BCUT2D eigenvalue weighted by Gasteiger charge is 2.40. The molecule has 1 fully saturated rings. The number of ether oxygens (including phenoxy) is 2. The Morgan fingerprint density at radius 2 is 1.90 bits per heavy atom. The van der Waals surface area contributed by atoms with E-state index in [2.05, 4.69) is 10.3 Å². The van der Waals surface area contributed by atoms with Gasteiger partial charge in [-0.25, -0.2) is 13.9 Å². The van der Waals surface area contributed by atoms with Crippen LogP contribution in [-0.2, 0) is 20.7 Å². The summed E-state index contributed by atoms with van der Waals surface area (Å²) >= 11 is 0. The van der Waals surface area contributed by atoms with Crippen LogP contribution in [0, 0.1) is 24.6 Å². The molecule has 2 heterocycles. The van der Waals surface area contributed by atoms with E-state index in [4.69, 9.17) is 15.2 Å². The monoisotopic (exact) mass is 588 g/mol. The number of nitrogens with zero attached hydrogens (tertiary/aromatic N) is 5. The van der Waals surface area contributed by atoms with E-state index in [-0.39, 0.29) is 36.4 Å². The predicted octanol–water partition coefficient (Wildman–Crippen LogP) is 3.89. The maximum Gasteiger partial charge on any atom is 0.410 e. The summed E-state index contributed by atoms with van der Waals surface area (Å²) in [6.07, 6.45) is 1.71. The van der Waals surface area contributed by atoms with Gasteiger partial charge in [-0.15, -0.1) is 5.10 Å². The lowest BCUT2D eigenvalue weighted by molar-refractivity contribution is -0.124. The van der Waals surface area contributed by atoms with E-state index in [1.165, 1.54) is 11.0 Å². The Morgan fingerprint density at radius 1 is 1.19 bits per heavy atom. The molecule has 0 spiro atoms. The number of benzene rings is 1. The fourth-order valence-corrected chi connectivity index (χ4v) is 5.11. The van der Waals surface area contributed by atoms with E-state index in [0.29, 0.717) is 49.4 Å². The Kier molecular flexibility index (Phi) is 11.1. The zero-order valence-electron chi connectivity index (χ0n) is 25.9. The number of primary amides is 1. The number of aryl methyl sites for hydroxylation is 1. The van der Waals surface area contributed by atoms with Crippen molar-refractivity contribution in [1.29, 1.82) is 0 Å². The van der Waals surface area contributed by atoms with Crippen LogP contribution in [0.5, 0.6) is 0 Å². The topological polar surface area (TPSA) is 133 Å². The van der Waals surface area contributed by atoms with Gasteiger partial charge in [0, 0.05) is 33.4 Å². The normalized spacial score (nSPS) is 17.4. The van der Waals surface area contributed by atoms with Crippen molar-refractivity contribution in [3.63, 3.8) is 0 Å². The van der Waals surface area contributed by atoms with Gasteiger partial charge in [0.2, 0.25) is 5.91 Å². The van der Waals surface area contributed by atoms with Crippen molar-refractivity contribution in [2.24, 2.45) is 17.6 Å². The third-order valence-electron chi connectivity index (χ3n) is 7.11. The number of halogens is 1. The number of likely N-dealkylation sites (tertiary alicyclic amines) is 1. The number of unbranched alkanes of at least 4 members (excludes halogenated alkanes) is 1. The molecule has 0 aliphatic carbocycles. The van der Waals surface area contributed by atoms with Crippen molar-refractivity contribution in [1.82, 2.24) is 24.8 Å². The Labute approximate surface area is 247 Å². The van der Waals surface area contributed by atoms with Crippen LogP contribution in [0.4, 0.5) is 9.18 Å². The zero-order valence-corrected chi connectivity index (χ0v) is 25.9. The zero-order chi connectivity index (χ0) is 31.2. The lowest BCUT2D eigenvalue weighted by Crippen LogP contribution is -2.57. The van der Waals surface area contributed by atoms with E-state index in [1.807, 2.05) is 13.8 Å². The summed E-state index contributed by atoms with van der Waals surface area (Å²) < 4.78 is 26.4. The predicted molar refractivity (Wildman–Crippen MR) is 156 cm³/mol. The Morgan fingerprint density at radius 3 is 2.50 bits per heavy atom. The molecule has 232 valence electrons. The highest BCUT2D eigenvalue weighted by molar-refractivity contribution is 5.94. The average Bonchev–Trinajstić information content (AvgIpc) is 3.33. The first-order valence-corrected chi connectivity index (χ1v) is 14.5. The molecule has 2 N–H and O–H groups in total. The first-order valence-electron chi connectivity index (χ1n) is 14.5. The molecule has 3 rings (SSSR count). The van der Waals surface area contributed by atoms with Crippen molar-refractivity contribution in [3.05, 3.63) is 41.0 Å². The third-order valence-corrected chi connectivity index (χ3v) is 7.11. The van der Waals surface area contributed by atoms with Crippen LogP contribution in [0.15, 0.2) is 18.2 Å². The molecule has 0 saturated carbocycles. The molecule has 1 saturated heterocycles. The van der Waals surface area contributed by atoms with Gasteiger partial charge in [-0.3, -0.25) is 9.59 Å². The molecule has 11 nitrogen and oxygen atoms in total. The van der Waals surface area contributed by atoms with E-state index in [0.717, 1.165) is 6.42 Å². The van der Waals surface area contributed by atoms with Gasteiger partial charge in [-0.05, 0) is 83.1 Å². The first kappa shape index (κ1) is 33.0. The number of methoxy groups -OCH3 is 1. The third kappa shape index (κ3) is 8.50. The second kappa shape index (κ2) is 14.1. The minimum absolute atomic E-state index is 0.0813. The summed E-state index contributed by atoms with van der Waals surface area (Å²) in [6, 6.07) is 4.14. The van der Waals surface area contributed by atoms with Gasteiger partial charge in [-0.1, -0.05) is 19.1 Å². The number of hydrogen-bond acceptors (Lipinski definition) is 7. The summed E-state index contributed by atoms with van der Waals surface area (Å²) in [6.45, 7) is 12.2. The molecule has 0 bridgehead atoms. The highest BCUT2D eigenvalue weighted by Crippen LogP contribution is 2.27. The van der Waals surface area contributed by atoms with Crippen molar-refractivity contribution >= 4 is 17.9 Å². The lowest BCUT2D eigenvalue weighted by Gasteiger charge is -2.42. The SMILES string of the molecule is COCCCCc1c(C(=O)N(CC(C)C)[C@H]2C[C@@H](C(N)=O)CN(C(=O)OC(C)(C)C)C2)nnn1-c1ccc(F)c(C)c1. The highest BCUT2D eigenvalue weighted by atomic mass is 19.1. The minimum atomic E-state index is -0.728. The van der Waals surface area contributed by atoms with Crippen molar-refractivity contribution in [2.45, 2.75) is 78.9 Å². The summed E-state index contributed by atoms with van der Waals surface area (Å²) in [4.78, 5) is 42.8. The van der Waals surface area contributed by atoms with Crippen molar-refractivity contribution in [2.75, 3.05) is 33.4 Å². The van der Waals surface area contributed by atoms with Crippen LogP contribution in [-0.4, -0.2) is 87.7 Å². The number of piperidine rings is 1. The molecule has 3 amide bonds. The maximum atomic E-state index is 14.3. The Hall–Kier alpha value is -3.54. The molecule has 1 aliphatic rings. The molecule has 0 radical (unpaired) electrons. The summed E-state index contributed by atoms with van der Waals surface area (Å²) in [5.74, 6) is -1.80. The molecule has 2 atom stereocenters. The number of hydrogen-bond donors (Lipinski definition) is 1. The van der Waals surface area contributed by atoms with Gasteiger partial charge in [0.15, 0.2) is 5.69 Å². The van der Waals surface area contributed by atoms with Crippen LogP contribution in [0.2, 0.25) is 0 Å². The van der Waals surface area contributed by atoms with E-state index in [9.17, 15) is 18.8 Å². The maximum absolute atomic E-state index is 14.3. The Bertz CT molecular complexity index is 1260. The lowest BCUT2D eigenvalue weighted by atomic mass is 9.92. The van der Waals surface area contributed by atoms with Gasteiger partial charge < -0.3 is 25.0 Å². The van der Waals surface area contributed by atoms with Gasteiger partial charge >= 0.3 is 6.09 Å². The average molecular weight is 589 g/mol. The van der Waals surface area contributed by atoms with E-state index < -0.39 is 29.6 Å². The first-order chi connectivity index (χ1) is 19.7. The van der Waals surface area contributed by atoms with Crippen LogP contribution < -0.4 is 5.73 Å². The molecule has 42 heavy (non-hydrogen) atoms. The second-order valence-corrected chi connectivity index (χ2v) is 12.4. The molecular formula is C30H45FN6O5. The van der Waals surface area contributed by atoms with Crippen molar-refractivity contribution < 1.29 is 28.2 Å². The smallest absolute Gasteiger partial charge is 0.410 e. The van der Waals surface area contributed by atoms with Crippen LogP contribution in [0.3, 0.4) is 0 Å². The molecule has 1 aromatic carbocycles. The summed E-state index contributed by atoms with van der Waals surface area (Å²) in [7, 11) is 1.63. The van der Waals surface area contributed by atoms with Gasteiger partial charge in [-0.2, -0.15) is 0 Å². The molecule has 12 heteroatoms. The van der Waals surface area contributed by atoms with Crippen LogP contribution in [0.1, 0.15) is 75.6 Å². The summed E-state index contributed by atoms with van der Waals surface area (Å²) in [5.41, 5.74) is 6.82. The Balaban J connectivity index is 2.02. The van der Waals surface area contributed by atoms with Crippen molar-refractivity contribution in [3.8, 4) is 5.69 Å². The largest absolute Gasteiger partial charge is 0.444 e. The molecule has 1 aliphatic heterocycles. The number of nitrogens with two attached hydrogens (primary N) is 1. The number of amides is 3. The van der Waals surface area contributed by atoms with Gasteiger partial charge in [0.1, 0.15) is 11.4 Å². The van der Waals surface area contributed by atoms with Crippen LogP contribution >= 0.6 is 0 Å². The number of rotatable bonds is 11. The molecule has 2 aromatic rings. The van der Waals surface area contributed by atoms with Crippen LogP contribution in [0.25, 0.3) is 5.69 Å². The standard InChI is InChI=1S/C30H45FN6O5/c1-19(2)16-36(23-15-21(27(32)38)17-35(18-23)29(40)42-30(4,5)6)28(39)26-25(10-8-9-13-41-7)37(34-33-26)22-11-12-24(31)20(3)14-22/h11-12,14,19,21,23H,8-10,13,15-18H2,1-7H3,(H2,32,38)/t21-,23+/m1/s1. The van der Waals surface area contributed by atoms with E-state index >= 15 is 0 Å². The van der Waals surface area contributed by atoms with Gasteiger partial charge in [0.25, 0.3) is 5.91 Å². The fraction of sp³-hybridized carbons (Fsp3) is 0.633. The molecule has 1 aromatic heterocycles. The quantitative estimate of drug-likeness (QED) is 0.394. The number of carbonyl (C=O) groups is 3. The van der Waals surface area contributed by atoms with Gasteiger partial charge in [0.05, 0.1) is 23.3 Å². The fourth-order valence-electron chi connectivity index (χ4n) is 5.11. The molecule has 0 unspecified atom stereocenters. The second-order valence-electron chi connectivity index (χ2n) is 12.4. The molecular weight excluding hydrogens is 543 g/mol. The summed E-state index contributed by atoms with van der Waals surface area (Å²) in [5, 5.41) is 8.64. The number of aromatic nitrogens is 3.